The quantitative estimate of drug-likeness (QED) is 0.354. The lowest BCUT2D eigenvalue weighted by atomic mass is 9.79. The minimum absolute atomic E-state index is 0.248. The number of fused-ring (bicyclic) bond motifs is 1. The number of methoxy groups -OCH3 is 1. The fraction of sp³-hybridized carbons (Fsp3) is 0.481. The largest absolute Gasteiger partial charge is 0.497 e. The van der Waals surface area contributed by atoms with Crippen molar-refractivity contribution in [3.8, 4) is 5.75 Å². The highest BCUT2D eigenvalue weighted by Crippen LogP contribution is 2.32. The number of carboxylic acids is 1. The first-order chi connectivity index (χ1) is 17.1. The van der Waals surface area contributed by atoms with Crippen molar-refractivity contribution in [1.29, 1.82) is 0 Å². The zero-order valence-electron chi connectivity index (χ0n) is 20.3. The van der Waals surface area contributed by atoms with Gasteiger partial charge in [0.25, 0.3) is 0 Å². The first kappa shape index (κ1) is 25.4. The Morgan fingerprint density at radius 3 is 2.89 bits per heavy atom. The molecule has 0 aliphatic carbocycles. The van der Waals surface area contributed by atoms with Crippen molar-refractivity contribution in [2.45, 2.75) is 43.6 Å². The van der Waals surface area contributed by atoms with E-state index in [9.17, 15) is 9.90 Å². The summed E-state index contributed by atoms with van der Waals surface area (Å²) in [4.78, 5) is 26.7. The number of nitrogens with zero attached hydrogens (tertiary/aromatic N) is 4. The number of hydrogen-bond acceptors (Lipinski definition) is 7. The summed E-state index contributed by atoms with van der Waals surface area (Å²) in [6.45, 7) is 3.04. The van der Waals surface area contributed by atoms with E-state index < -0.39 is 5.97 Å². The zero-order valence-corrected chi connectivity index (χ0v) is 21.1. The molecule has 1 aliphatic heterocycles. The van der Waals surface area contributed by atoms with Gasteiger partial charge in [-0.05, 0) is 80.3 Å². The first-order valence-electron chi connectivity index (χ1n) is 12.4. The molecule has 35 heavy (non-hydrogen) atoms. The molecule has 0 saturated carbocycles. The summed E-state index contributed by atoms with van der Waals surface area (Å²) in [5.41, 5.74) is 2.30. The Morgan fingerprint density at radius 1 is 1.17 bits per heavy atom. The molecule has 2 aromatic heterocycles. The molecule has 1 saturated heterocycles. The van der Waals surface area contributed by atoms with Crippen LogP contribution in [-0.2, 0) is 11.2 Å². The summed E-state index contributed by atoms with van der Waals surface area (Å²) in [6.07, 6.45) is 12.4. The molecule has 3 heterocycles. The van der Waals surface area contributed by atoms with Crippen LogP contribution in [0.15, 0.2) is 54.1 Å². The number of piperidine rings is 1. The molecule has 2 atom stereocenters. The number of hydrogen-bond donors (Lipinski definition) is 1. The van der Waals surface area contributed by atoms with Crippen LogP contribution in [-0.4, -0.2) is 63.4 Å². The smallest absolute Gasteiger partial charge is 0.303 e. The highest BCUT2D eigenvalue weighted by atomic mass is 32.2. The van der Waals surface area contributed by atoms with E-state index in [2.05, 4.69) is 32.0 Å². The molecule has 0 unspecified atom stereocenters. The van der Waals surface area contributed by atoms with E-state index in [1.54, 1.807) is 37.5 Å². The monoisotopic (exact) mass is 494 g/mol. The number of carboxylic acid groups (broad SMARTS) is 1. The number of thioether (sulfide) groups is 1. The van der Waals surface area contributed by atoms with Gasteiger partial charge in [0.1, 0.15) is 10.8 Å². The fourth-order valence-corrected chi connectivity index (χ4v) is 5.93. The molecule has 0 bridgehead atoms. The Hall–Kier alpha value is -2.71. The molecule has 1 N–H and O–H groups in total. The fourth-order valence-electron chi connectivity index (χ4n) is 5.10. The predicted octanol–water partition coefficient (Wildman–Crippen LogP) is 4.95. The molecule has 0 spiro atoms. The second-order valence-corrected chi connectivity index (χ2v) is 10.3. The van der Waals surface area contributed by atoms with Gasteiger partial charge in [0.15, 0.2) is 0 Å². The zero-order chi connectivity index (χ0) is 24.5. The lowest BCUT2D eigenvalue weighted by Gasteiger charge is -2.39. The molecule has 1 fully saturated rings. The third-order valence-electron chi connectivity index (χ3n) is 6.96. The number of ether oxygens (including phenoxy) is 1. The number of aromatic nitrogens is 3. The number of pyridine rings is 1. The maximum absolute atomic E-state index is 11.3. The van der Waals surface area contributed by atoms with Gasteiger partial charge in [0.05, 0.1) is 18.8 Å². The van der Waals surface area contributed by atoms with Crippen molar-refractivity contribution < 1.29 is 14.6 Å². The summed E-state index contributed by atoms with van der Waals surface area (Å²) in [5, 5.41) is 11.4. The van der Waals surface area contributed by atoms with Crippen molar-refractivity contribution in [2.24, 2.45) is 11.8 Å². The summed E-state index contributed by atoms with van der Waals surface area (Å²) in [7, 11) is 1.69. The van der Waals surface area contributed by atoms with Crippen LogP contribution >= 0.6 is 11.8 Å². The molecule has 1 aliphatic rings. The van der Waals surface area contributed by atoms with Crippen molar-refractivity contribution in [1.82, 2.24) is 19.9 Å². The molecule has 0 amide bonds. The minimum Gasteiger partial charge on any atom is -0.497 e. The molecule has 186 valence electrons. The van der Waals surface area contributed by atoms with Gasteiger partial charge in [-0.3, -0.25) is 14.8 Å². The average molecular weight is 495 g/mol. The summed E-state index contributed by atoms with van der Waals surface area (Å²) < 4.78 is 5.41. The van der Waals surface area contributed by atoms with E-state index in [0.29, 0.717) is 11.8 Å². The van der Waals surface area contributed by atoms with E-state index in [0.717, 1.165) is 79.2 Å². The third-order valence-corrected chi connectivity index (χ3v) is 7.85. The molecule has 3 aromatic rings. The topological polar surface area (TPSA) is 88.4 Å². The molecule has 7 nitrogen and oxygen atoms in total. The Balaban J connectivity index is 1.31. The predicted molar refractivity (Wildman–Crippen MR) is 139 cm³/mol. The van der Waals surface area contributed by atoms with Crippen LogP contribution in [0.3, 0.4) is 0 Å². The number of likely N-dealkylation sites (tertiary alicyclic amines) is 1. The van der Waals surface area contributed by atoms with Crippen molar-refractivity contribution >= 4 is 28.6 Å². The summed E-state index contributed by atoms with van der Waals surface area (Å²) >= 11 is 1.73. The number of rotatable bonds is 12. The average Bonchev–Trinajstić information content (AvgIpc) is 2.88. The highest BCUT2D eigenvalue weighted by Gasteiger charge is 2.29. The summed E-state index contributed by atoms with van der Waals surface area (Å²) in [5.74, 6) is 2.12. The molecular weight excluding hydrogens is 460 g/mol. The summed E-state index contributed by atoms with van der Waals surface area (Å²) in [6, 6.07) is 8.15. The van der Waals surface area contributed by atoms with Gasteiger partial charge in [-0.25, -0.2) is 4.98 Å². The van der Waals surface area contributed by atoms with Crippen LogP contribution in [0.25, 0.3) is 10.9 Å². The normalized spacial score (nSPS) is 18.5. The Kier molecular flexibility index (Phi) is 9.31. The second kappa shape index (κ2) is 12.8. The van der Waals surface area contributed by atoms with Gasteiger partial charge in [-0.15, -0.1) is 11.8 Å². The Bertz CT molecular complexity index is 1100. The number of aryl methyl sites for hydroxylation is 1. The van der Waals surface area contributed by atoms with Gasteiger partial charge < -0.3 is 14.7 Å². The van der Waals surface area contributed by atoms with Gasteiger partial charge in [0.2, 0.25) is 0 Å². The second-order valence-electron chi connectivity index (χ2n) is 9.18. The molecule has 8 heteroatoms. The Labute approximate surface area is 211 Å². The number of carbonyl (C=O) groups is 1. The molecule has 0 radical (unpaired) electrons. The van der Waals surface area contributed by atoms with Crippen LogP contribution < -0.4 is 4.74 Å². The minimum atomic E-state index is -0.698. The van der Waals surface area contributed by atoms with Crippen molar-refractivity contribution in [3.63, 3.8) is 0 Å². The molecular formula is C27H34N4O3S. The molecule has 1 aromatic carbocycles. The lowest BCUT2D eigenvalue weighted by Crippen LogP contribution is -2.41. The first-order valence-corrected chi connectivity index (χ1v) is 13.4. The van der Waals surface area contributed by atoms with Gasteiger partial charge in [-0.2, -0.15) is 0 Å². The third kappa shape index (κ3) is 7.39. The van der Waals surface area contributed by atoms with Crippen LogP contribution in [0.4, 0.5) is 0 Å². The Morgan fingerprint density at radius 2 is 2.09 bits per heavy atom. The maximum Gasteiger partial charge on any atom is 0.303 e. The van der Waals surface area contributed by atoms with Crippen molar-refractivity contribution in [2.75, 3.05) is 32.5 Å². The van der Waals surface area contributed by atoms with Gasteiger partial charge >= 0.3 is 5.97 Å². The van der Waals surface area contributed by atoms with E-state index >= 15 is 0 Å². The lowest BCUT2D eigenvalue weighted by molar-refractivity contribution is -0.137. The number of benzene rings is 1. The van der Waals surface area contributed by atoms with E-state index in [1.807, 2.05) is 18.3 Å². The SMILES string of the molecule is COc1ccc2nccc(CCC[C@@H]3CCN(CCSc4cnccn4)C[C@@H]3CCC(=O)O)c2c1. The van der Waals surface area contributed by atoms with Crippen LogP contribution in [0, 0.1) is 11.8 Å². The van der Waals surface area contributed by atoms with E-state index in [-0.39, 0.29) is 6.42 Å². The van der Waals surface area contributed by atoms with Crippen molar-refractivity contribution in [3.05, 3.63) is 54.6 Å². The van der Waals surface area contributed by atoms with Crippen LogP contribution in [0.2, 0.25) is 0 Å². The van der Waals surface area contributed by atoms with Crippen LogP contribution in [0.1, 0.15) is 37.7 Å². The highest BCUT2D eigenvalue weighted by molar-refractivity contribution is 7.99. The standard InChI is InChI=1S/C27H34N4O3S/c1-34-23-6-7-25-24(17-23)21(9-11-29-25)4-2-3-20-10-14-31(19-22(20)5-8-27(32)33)15-16-35-26-18-28-12-13-30-26/h6-7,9,11-13,17-18,20,22H,2-5,8,10,14-16,19H2,1H3,(H,32,33)/t20-,22+/m1/s1. The number of aliphatic carboxylic acids is 1. The van der Waals surface area contributed by atoms with Gasteiger partial charge in [0, 0.05) is 49.2 Å². The van der Waals surface area contributed by atoms with Crippen LogP contribution in [0.5, 0.6) is 5.75 Å². The van der Waals surface area contributed by atoms with E-state index in [1.165, 1.54) is 5.56 Å². The van der Waals surface area contributed by atoms with Gasteiger partial charge in [-0.1, -0.05) is 0 Å². The molecule has 4 rings (SSSR count). The maximum atomic E-state index is 11.3. The van der Waals surface area contributed by atoms with E-state index in [4.69, 9.17) is 4.74 Å².